The van der Waals surface area contributed by atoms with Crippen molar-refractivity contribution in [2.45, 2.75) is 12.4 Å². The van der Waals surface area contributed by atoms with Crippen molar-refractivity contribution in [2.75, 3.05) is 14.1 Å². The molecule has 2 aromatic carbocycles. The minimum Gasteiger partial charge on any atom is -0.433 e. The van der Waals surface area contributed by atoms with Crippen LogP contribution in [0.15, 0.2) is 40.8 Å². The zero-order chi connectivity index (χ0) is 22.0. The van der Waals surface area contributed by atoms with Crippen LogP contribution < -0.4 is 0 Å². The Hall–Kier alpha value is -3.11. The van der Waals surface area contributed by atoms with Gasteiger partial charge in [0.25, 0.3) is 0 Å². The van der Waals surface area contributed by atoms with E-state index in [4.69, 9.17) is 4.42 Å². The lowest BCUT2D eigenvalue weighted by atomic mass is 10.1. The van der Waals surface area contributed by atoms with Crippen molar-refractivity contribution in [1.82, 2.24) is 9.88 Å². The Balaban J connectivity index is 0.000000537. The number of fused-ring (bicyclic) bond motifs is 1. The summed E-state index contributed by atoms with van der Waals surface area (Å²) in [6.45, 7) is 0. The van der Waals surface area contributed by atoms with E-state index in [0.29, 0.717) is 6.07 Å². The summed E-state index contributed by atoms with van der Waals surface area (Å²) in [5, 5.41) is 0. The van der Waals surface area contributed by atoms with E-state index in [-0.39, 0.29) is 17.0 Å². The number of nitrogens with zero attached hydrogens (tertiary/aromatic N) is 2. The first-order valence-corrected chi connectivity index (χ1v) is 7.80. The Labute approximate surface area is 159 Å². The van der Waals surface area contributed by atoms with Crippen molar-refractivity contribution in [3.05, 3.63) is 53.3 Å². The smallest absolute Gasteiger partial charge is 0.419 e. The van der Waals surface area contributed by atoms with Gasteiger partial charge in [-0.25, -0.2) is 9.37 Å². The van der Waals surface area contributed by atoms with Gasteiger partial charge in [-0.05, 0) is 36.4 Å². The molecule has 11 heteroatoms. The molecule has 3 rings (SSSR count). The fraction of sp³-hybridized carbons (Fsp3) is 0.222. The Morgan fingerprint density at radius 1 is 0.931 bits per heavy atom. The van der Waals surface area contributed by atoms with Crippen molar-refractivity contribution in [2.24, 2.45) is 0 Å². The molecule has 0 unspecified atom stereocenters. The Morgan fingerprint density at radius 2 is 1.48 bits per heavy atom. The number of hydrogen-bond donors (Lipinski definition) is 0. The fourth-order valence-corrected chi connectivity index (χ4v) is 2.10. The molecule has 0 N–H and O–H groups in total. The normalized spacial score (nSPS) is 11.8. The van der Waals surface area contributed by atoms with Crippen molar-refractivity contribution < 1.29 is 39.9 Å². The molecule has 0 spiro atoms. The second-order valence-corrected chi connectivity index (χ2v) is 5.94. The van der Waals surface area contributed by atoms with Gasteiger partial charge >= 0.3 is 12.4 Å². The molecule has 0 aliphatic heterocycles. The SMILES string of the molecule is CN(C)C=O.Fc1c(C(F)(F)F)ccc2nc(-c3ccc(C(F)(F)F)cc3)oc12. The van der Waals surface area contributed by atoms with E-state index in [1.54, 1.807) is 14.1 Å². The predicted octanol–water partition coefficient (Wildman–Crippen LogP) is 5.38. The lowest BCUT2D eigenvalue weighted by Gasteiger charge is -2.06. The molecule has 1 heterocycles. The molecule has 0 saturated carbocycles. The Morgan fingerprint density at radius 3 is 1.93 bits per heavy atom. The molecule has 1 amide bonds. The second-order valence-electron chi connectivity index (χ2n) is 5.94. The summed E-state index contributed by atoms with van der Waals surface area (Å²) in [6.07, 6.45) is -8.69. The summed E-state index contributed by atoms with van der Waals surface area (Å²) < 4.78 is 94.4. The van der Waals surface area contributed by atoms with Gasteiger partial charge in [-0.2, -0.15) is 26.3 Å². The highest BCUT2D eigenvalue weighted by atomic mass is 19.4. The molecular formula is C18H13F7N2O2. The summed E-state index contributed by atoms with van der Waals surface area (Å²) in [4.78, 5) is 14.7. The highest BCUT2D eigenvalue weighted by Crippen LogP contribution is 2.36. The molecular weight excluding hydrogens is 409 g/mol. The van der Waals surface area contributed by atoms with Gasteiger partial charge in [0, 0.05) is 19.7 Å². The van der Waals surface area contributed by atoms with Crippen molar-refractivity contribution in [3.8, 4) is 11.5 Å². The van der Waals surface area contributed by atoms with Gasteiger partial charge < -0.3 is 9.32 Å². The molecule has 0 fully saturated rings. The number of carbonyl (C=O) groups excluding carboxylic acids is 1. The van der Waals surface area contributed by atoms with Crippen LogP contribution in [-0.4, -0.2) is 30.4 Å². The van der Waals surface area contributed by atoms with Crippen LogP contribution in [0.5, 0.6) is 0 Å². The fourth-order valence-electron chi connectivity index (χ4n) is 2.10. The van der Waals surface area contributed by atoms with Crippen LogP contribution in [0.3, 0.4) is 0 Å². The van der Waals surface area contributed by atoms with Crippen LogP contribution in [0.4, 0.5) is 30.7 Å². The first-order chi connectivity index (χ1) is 13.3. The zero-order valence-electron chi connectivity index (χ0n) is 14.9. The number of carbonyl (C=O) groups is 1. The molecule has 0 saturated heterocycles. The zero-order valence-corrected chi connectivity index (χ0v) is 14.9. The number of oxazole rings is 1. The van der Waals surface area contributed by atoms with E-state index < -0.39 is 34.9 Å². The predicted molar refractivity (Wildman–Crippen MR) is 89.2 cm³/mol. The summed E-state index contributed by atoms with van der Waals surface area (Å²) in [5.41, 5.74) is -3.22. The molecule has 0 aliphatic carbocycles. The summed E-state index contributed by atoms with van der Waals surface area (Å²) in [7, 11) is 3.38. The largest absolute Gasteiger partial charge is 0.433 e. The maximum atomic E-state index is 13.9. The van der Waals surface area contributed by atoms with Crippen molar-refractivity contribution in [1.29, 1.82) is 0 Å². The molecule has 29 heavy (non-hydrogen) atoms. The number of benzene rings is 2. The van der Waals surface area contributed by atoms with Gasteiger partial charge in [-0.15, -0.1) is 0 Å². The van der Waals surface area contributed by atoms with E-state index in [9.17, 15) is 35.5 Å². The van der Waals surface area contributed by atoms with Gasteiger partial charge in [-0.3, -0.25) is 4.79 Å². The van der Waals surface area contributed by atoms with E-state index in [1.165, 1.54) is 4.90 Å². The van der Waals surface area contributed by atoms with Crippen LogP contribution in [0.2, 0.25) is 0 Å². The Kier molecular flexibility index (Phi) is 6.19. The third kappa shape index (κ3) is 5.24. The van der Waals surface area contributed by atoms with Gasteiger partial charge in [0.1, 0.15) is 5.52 Å². The lowest BCUT2D eigenvalue weighted by Crippen LogP contribution is -2.07. The van der Waals surface area contributed by atoms with Gasteiger partial charge in [0.05, 0.1) is 11.1 Å². The standard InChI is InChI=1S/C15H6F7NO.C3H7NO/c16-11-9(15(20,21)22)5-6-10-12(11)24-13(23-10)7-1-3-8(4-2-7)14(17,18)19;1-4(2)3-5/h1-6H;3H,1-2H3. The van der Waals surface area contributed by atoms with Crippen LogP contribution in [0.25, 0.3) is 22.6 Å². The van der Waals surface area contributed by atoms with Crippen LogP contribution in [0.1, 0.15) is 11.1 Å². The third-order valence-electron chi connectivity index (χ3n) is 3.47. The summed E-state index contributed by atoms with van der Waals surface area (Å²) in [6, 6.07) is 5.06. The van der Waals surface area contributed by atoms with Crippen LogP contribution in [0, 0.1) is 5.82 Å². The molecule has 0 atom stereocenters. The molecule has 1 aromatic heterocycles. The van der Waals surface area contributed by atoms with Gasteiger partial charge in [-0.1, -0.05) is 0 Å². The minimum absolute atomic E-state index is 0.0761. The molecule has 156 valence electrons. The van der Waals surface area contributed by atoms with Gasteiger partial charge in [0.15, 0.2) is 11.4 Å². The number of amides is 1. The monoisotopic (exact) mass is 422 g/mol. The number of hydrogen-bond acceptors (Lipinski definition) is 3. The topological polar surface area (TPSA) is 46.3 Å². The van der Waals surface area contributed by atoms with Crippen LogP contribution >= 0.6 is 0 Å². The van der Waals surface area contributed by atoms with E-state index in [0.717, 1.165) is 36.7 Å². The highest BCUT2D eigenvalue weighted by Gasteiger charge is 2.36. The average Bonchev–Trinajstić information content (AvgIpc) is 3.06. The quantitative estimate of drug-likeness (QED) is 0.412. The van der Waals surface area contributed by atoms with Crippen molar-refractivity contribution in [3.63, 3.8) is 0 Å². The maximum Gasteiger partial charge on any atom is 0.419 e. The van der Waals surface area contributed by atoms with E-state index in [1.807, 2.05) is 0 Å². The first-order valence-electron chi connectivity index (χ1n) is 7.80. The third-order valence-corrected chi connectivity index (χ3v) is 3.47. The molecule has 4 nitrogen and oxygen atoms in total. The highest BCUT2D eigenvalue weighted by molar-refractivity contribution is 5.77. The number of alkyl halides is 6. The summed E-state index contributed by atoms with van der Waals surface area (Å²) in [5.74, 6) is -1.90. The number of aromatic nitrogens is 1. The maximum absolute atomic E-state index is 13.9. The number of halogens is 7. The Bertz CT molecular complexity index is 990. The molecule has 0 radical (unpaired) electrons. The second kappa shape index (κ2) is 8.10. The van der Waals surface area contributed by atoms with Crippen molar-refractivity contribution >= 4 is 17.5 Å². The lowest BCUT2D eigenvalue weighted by molar-refractivity contribution is -0.140. The van der Waals surface area contributed by atoms with Crippen LogP contribution in [-0.2, 0) is 17.1 Å². The first kappa shape index (κ1) is 22.2. The van der Waals surface area contributed by atoms with E-state index in [2.05, 4.69) is 4.98 Å². The van der Waals surface area contributed by atoms with E-state index >= 15 is 0 Å². The summed E-state index contributed by atoms with van der Waals surface area (Å²) >= 11 is 0. The van der Waals surface area contributed by atoms with Gasteiger partial charge in [0.2, 0.25) is 12.3 Å². The number of rotatable bonds is 2. The minimum atomic E-state index is -4.90. The average molecular weight is 422 g/mol. The molecule has 0 aliphatic rings. The molecule has 3 aromatic rings. The molecule has 0 bridgehead atoms.